The smallest absolute Gasteiger partial charge is 0.185 e. The molecule has 1 aliphatic rings. The molecule has 1 aromatic heterocycles. The summed E-state index contributed by atoms with van der Waals surface area (Å²) in [4.78, 5) is 8.29. The van der Waals surface area contributed by atoms with Crippen LogP contribution >= 0.6 is 11.3 Å². The topological polar surface area (TPSA) is 28.2 Å². The van der Waals surface area contributed by atoms with E-state index in [1.165, 1.54) is 42.4 Å². The maximum Gasteiger partial charge on any atom is 0.185 e. The molecule has 90 valence electrons. The highest BCUT2D eigenvalue weighted by molar-refractivity contribution is 7.15. The molecule has 2 heterocycles. The van der Waals surface area contributed by atoms with Gasteiger partial charge in [-0.15, -0.1) is 11.3 Å². The van der Waals surface area contributed by atoms with Gasteiger partial charge in [0.1, 0.15) is 0 Å². The third kappa shape index (κ3) is 3.19. The summed E-state index contributed by atoms with van der Waals surface area (Å²) in [6, 6.07) is 0.542. The average molecular weight is 239 g/mol. The molecule has 1 aliphatic heterocycles. The van der Waals surface area contributed by atoms with Crippen molar-refractivity contribution in [2.45, 2.75) is 45.7 Å². The summed E-state index contributed by atoms with van der Waals surface area (Å²) < 4.78 is 0. The van der Waals surface area contributed by atoms with Crippen molar-refractivity contribution in [1.29, 1.82) is 0 Å². The molecule has 0 saturated carbocycles. The standard InChI is InChI=1S/C12H21N3S/c1-10(2)13-8-11-9-14-12(16-11)15-6-4-3-5-7-15/h9-10,13H,3-8H2,1-2H3. The highest BCUT2D eigenvalue weighted by Gasteiger charge is 2.14. The lowest BCUT2D eigenvalue weighted by Crippen LogP contribution is -2.29. The van der Waals surface area contributed by atoms with E-state index in [0.29, 0.717) is 6.04 Å². The Morgan fingerprint density at radius 3 is 2.81 bits per heavy atom. The minimum atomic E-state index is 0.542. The average Bonchev–Trinajstić information content (AvgIpc) is 2.76. The fourth-order valence-electron chi connectivity index (χ4n) is 1.92. The largest absolute Gasteiger partial charge is 0.348 e. The maximum absolute atomic E-state index is 4.52. The van der Waals surface area contributed by atoms with Crippen molar-refractivity contribution < 1.29 is 0 Å². The Kier molecular flexibility index (Phi) is 4.18. The molecule has 1 saturated heterocycles. The lowest BCUT2D eigenvalue weighted by atomic mass is 10.1. The summed E-state index contributed by atoms with van der Waals surface area (Å²) >= 11 is 1.83. The molecule has 16 heavy (non-hydrogen) atoms. The third-order valence-corrected chi connectivity index (χ3v) is 3.91. The second kappa shape index (κ2) is 5.64. The maximum atomic E-state index is 4.52. The third-order valence-electron chi connectivity index (χ3n) is 2.85. The van der Waals surface area contributed by atoms with Gasteiger partial charge in [0.15, 0.2) is 5.13 Å². The summed E-state index contributed by atoms with van der Waals surface area (Å²) in [6.07, 6.45) is 6.03. The molecule has 0 unspecified atom stereocenters. The number of anilines is 1. The zero-order valence-corrected chi connectivity index (χ0v) is 11.0. The predicted octanol–water partition coefficient (Wildman–Crippen LogP) is 2.63. The first-order valence-corrected chi connectivity index (χ1v) is 7.00. The Balaban J connectivity index is 1.90. The van der Waals surface area contributed by atoms with Crippen molar-refractivity contribution in [2.75, 3.05) is 18.0 Å². The summed E-state index contributed by atoms with van der Waals surface area (Å²) in [7, 11) is 0. The first-order chi connectivity index (χ1) is 7.75. The summed E-state index contributed by atoms with van der Waals surface area (Å²) in [5.41, 5.74) is 0. The molecule has 0 bridgehead atoms. The molecule has 1 aromatic rings. The molecule has 2 rings (SSSR count). The Hall–Kier alpha value is -0.610. The van der Waals surface area contributed by atoms with Crippen LogP contribution in [-0.2, 0) is 6.54 Å². The summed E-state index contributed by atoms with van der Waals surface area (Å²) in [5, 5.41) is 4.64. The summed E-state index contributed by atoms with van der Waals surface area (Å²) in [5.74, 6) is 0. The minimum Gasteiger partial charge on any atom is -0.348 e. The van der Waals surface area contributed by atoms with Crippen molar-refractivity contribution in [3.05, 3.63) is 11.1 Å². The molecule has 0 radical (unpaired) electrons. The van der Waals surface area contributed by atoms with E-state index in [2.05, 4.69) is 29.0 Å². The van der Waals surface area contributed by atoms with Crippen LogP contribution in [0.15, 0.2) is 6.20 Å². The number of rotatable bonds is 4. The highest BCUT2D eigenvalue weighted by atomic mass is 32.1. The molecular formula is C12H21N3S. The predicted molar refractivity (Wildman–Crippen MR) is 70.2 cm³/mol. The highest BCUT2D eigenvalue weighted by Crippen LogP contribution is 2.25. The number of piperidine rings is 1. The van der Waals surface area contributed by atoms with Crippen LogP contribution in [0.25, 0.3) is 0 Å². The monoisotopic (exact) mass is 239 g/mol. The molecule has 1 fully saturated rings. The number of hydrogen-bond donors (Lipinski definition) is 1. The number of hydrogen-bond acceptors (Lipinski definition) is 4. The number of nitrogens with one attached hydrogen (secondary N) is 1. The second-order valence-electron chi connectivity index (χ2n) is 4.69. The Bertz CT molecular complexity index is 316. The lowest BCUT2D eigenvalue weighted by molar-refractivity contribution is 0.577. The normalized spacial score (nSPS) is 17.1. The SMILES string of the molecule is CC(C)NCc1cnc(N2CCCCC2)s1. The summed E-state index contributed by atoms with van der Waals surface area (Å²) in [6.45, 7) is 7.66. The molecular weight excluding hydrogens is 218 g/mol. The molecule has 4 heteroatoms. The van der Waals surface area contributed by atoms with Gasteiger partial charge in [0.2, 0.25) is 0 Å². The Morgan fingerprint density at radius 1 is 1.38 bits per heavy atom. The second-order valence-corrected chi connectivity index (χ2v) is 5.79. The number of nitrogens with zero attached hydrogens (tertiary/aromatic N) is 2. The van der Waals surface area contributed by atoms with Gasteiger partial charge in [-0.05, 0) is 19.3 Å². The van der Waals surface area contributed by atoms with Gasteiger partial charge in [-0.1, -0.05) is 13.8 Å². The fourth-order valence-corrected chi connectivity index (χ4v) is 2.83. The van der Waals surface area contributed by atoms with E-state index in [9.17, 15) is 0 Å². The number of aromatic nitrogens is 1. The van der Waals surface area contributed by atoms with Gasteiger partial charge in [0, 0.05) is 36.8 Å². The Labute approximate surface area is 102 Å². The fraction of sp³-hybridized carbons (Fsp3) is 0.750. The number of thiazole rings is 1. The van der Waals surface area contributed by atoms with E-state index >= 15 is 0 Å². The van der Waals surface area contributed by atoms with E-state index in [-0.39, 0.29) is 0 Å². The molecule has 0 spiro atoms. The van der Waals surface area contributed by atoms with E-state index in [1.807, 2.05) is 17.5 Å². The van der Waals surface area contributed by atoms with E-state index < -0.39 is 0 Å². The molecule has 1 N–H and O–H groups in total. The molecule has 0 aliphatic carbocycles. The van der Waals surface area contributed by atoms with Gasteiger partial charge in [0.05, 0.1) is 0 Å². The first kappa shape index (κ1) is 11.9. The van der Waals surface area contributed by atoms with Gasteiger partial charge in [0.25, 0.3) is 0 Å². The molecule has 0 amide bonds. The minimum absolute atomic E-state index is 0.542. The molecule has 0 atom stereocenters. The van der Waals surface area contributed by atoms with Gasteiger partial charge >= 0.3 is 0 Å². The van der Waals surface area contributed by atoms with Crippen molar-refractivity contribution in [3.63, 3.8) is 0 Å². The van der Waals surface area contributed by atoms with Crippen LogP contribution in [0.2, 0.25) is 0 Å². The quantitative estimate of drug-likeness (QED) is 0.875. The van der Waals surface area contributed by atoms with Crippen LogP contribution in [-0.4, -0.2) is 24.1 Å². The van der Waals surface area contributed by atoms with Gasteiger partial charge in [-0.2, -0.15) is 0 Å². The van der Waals surface area contributed by atoms with Crippen LogP contribution in [0.4, 0.5) is 5.13 Å². The Morgan fingerprint density at radius 2 is 2.12 bits per heavy atom. The van der Waals surface area contributed by atoms with Crippen molar-refractivity contribution >= 4 is 16.5 Å². The van der Waals surface area contributed by atoms with Crippen molar-refractivity contribution in [2.24, 2.45) is 0 Å². The molecule has 0 aromatic carbocycles. The molecule has 3 nitrogen and oxygen atoms in total. The van der Waals surface area contributed by atoms with E-state index in [0.717, 1.165) is 6.54 Å². The van der Waals surface area contributed by atoms with Crippen molar-refractivity contribution in [1.82, 2.24) is 10.3 Å². The first-order valence-electron chi connectivity index (χ1n) is 6.19. The van der Waals surface area contributed by atoms with Gasteiger partial charge in [-0.3, -0.25) is 0 Å². The van der Waals surface area contributed by atoms with E-state index in [1.54, 1.807) is 0 Å². The zero-order chi connectivity index (χ0) is 11.4. The van der Waals surface area contributed by atoms with Crippen LogP contribution in [0.1, 0.15) is 38.0 Å². The van der Waals surface area contributed by atoms with Gasteiger partial charge in [-0.25, -0.2) is 4.98 Å². The van der Waals surface area contributed by atoms with Crippen molar-refractivity contribution in [3.8, 4) is 0 Å². The van der Waals surface area contributed by atoms with Gasteiger partial charge < -0.3 is 10.2 Å². The van der Waals surface area contributed by atoms with Crippen LogP contribution in [0, 0.1) is 0 Å². The van der Waals surface area contributed by atoms with Crippen LogP contribution < -0.4 is 10.2 Å². The van der Waals surface area contributed by atoms with E-state index in [4.69, 9.17) is 0 Å². The van der Waals surface area contributed by atoms with Crippen LogP contribution in [0.5, 0.6) is 0 Å². The zero-order valence-electron chi connectivity index (χ0n) is 10.2. The lowest BCUT2D eigenvalue weighted by Gasteiger charge is -2.25. The van der Waals surface area contributed by atoms with Crippen LogP contribution in [0.3, 0.4) is 0 Å².